The largest absolute Gasteiger partial charge is 0.493 e. The van der Waals surface area contributed by atoms with Gasteiger partial charge in [0, 0.05) is 5.69 Å². The first-order chi connectivity index (χ1) is 7.19. The van der Waals surface area contributed by atoms with Crippen LogP contribution in [0.3, 0.4) is 0 Å². The van der Waals surface area contributed by atoms with E-state index in [0.29, 0.717) is 23.6 Å². The van der Waals surface area contributed by atoms with Gasteiger partial charge in [-0.2, -0.15) is 0 Å². The third-order valence-corrected chi connectivity index (χ3v) is 1.87. The standard InChI is InChI=1S/C11H15NO3/c1-3-6-15-10-5-4-8(12)7-9(10)11(13)14-2/h4-5,7H,3,6,12H2,1-2H3. The van der Waals surface area contributed by atoms with Crippen LogP contribution in [0.25, 0.3) is 0 Å². The number of esters is 1. The van der Waals surface area contributed by atoms with E-state index in [1.807, 2.05) is 6.92 Å². The molecule has 0 aromatic heterocycles. The molecule has 0 radical (unpaired) electrons. The van der Waals surface area contributed by atoms with Gasteiger partial charge in [0.15, 0.2) is 0 Å². The first-order valence-electron chi connectivity index (χ1n) is 4.79. The number of nitrogens with two attached hydrogens (primary N) is 1. The van der Waals surface area contributed by atoms with Crippen molar-refractivity contribution in [1.82, 2.24) is 0 Å². The van der Waals surface area contributed by atoms with Gasteiger partial charge in [-0.3, -0.25) is 0 Å². The van der Waals surface area contributed by atoms with Crippen LogP contribution >= 0.6 is 0 Å². The summed E-state index contributed by atoms with van der Waals surface area (Å²) >= 11 is 0. The second-order valence-electron chi connectivity index (χ2n) is 3.10. The number of hydrogen-bond donors (Lipinski definition) is 1. The molecule has 0 atom stereocenters. The van der Waals surface area contributed by atoms with E-state index < -0.39 is 5.97 Å². The van der Waals surface area contributed by atoms with E-state index in [0.717, 1.165) is 6.42 Å². The zero-order valence-corrected chi connectivity index (χ0v) is 8.95. The summed E-state index contributed by atoms with van der Waals surface area (Å²) in [6.07, 6.45) is 0.880. The van der Waals surface area contributed by atoms with Gasteiger partial charge in [-0.15, -0.1) is 0 Å². The number of carbonyl (C=O) groups is 1. The molecule has 4 heteroatoms. The Balaban J connectivity index is 2.97. The Labute approximate surface area is 89.0 Å². The van der Waals surface area contributed by atoms with E-state index in [1.165, 1.54) is 7.11 Å². The average molecular weight is 209 g/mol. The van der Waals surface area contributed by atoms with Crippen LogP contribution in [0, 0.1) is 0 Å². The van der Waals surface area contributed by atoms with Gasteiger partial charge in [-0.05, 0) is 24.6 Å². The molecule has 0 saturated carbocycles. The van der Waals surface area contributed by atoms with Crippen LogP contribution in [0.5, 0.6) is 5.75 Å². The lowest BCUT2D eigenvalue weighted by Crippen LogP contribution is -2.07. The summed E-state index contributed by atoms with van der Waals surface area (Å²) < 4.78 is 10.0. The van der Waals surface area contributed by atoms with Crippen LogP contribution in [0.2, 0.25) is 0 Å². The summed E-state index contributed by atoms with van der Waals surface area (Å²) in [4.78, 5) is 11.4. The van der Waals surface area contributed by atoms with Gasteiger partial charge in [0.25, 0.3) is 0 Å². The Morgan fingerprint density at radius 3 is 2.80 bits per heavy atom. The smallest absolute Gasteiger partial charge is 0.341 e. The lowest BCUT2D eigenvalue weighted by atomic mass is 10.2. The fourth-order valence-corrected chi connectivity index (χ4v) is 1.15. The van der Waals surface area contributed by atoms with E-state index in [9.17, 15) is 4.79 Å². The van der Waals surface area contributed by atoms with E-state index in [2.05, 4.69) is 4.74 Å². The number of hydrogen-bond acceptors (Lipinski definition) is 4. The number of ether oxygens (including phenoxy) is 2. The number of methoxy groups -OCH3 is 1. The van der Waals surface area contributed by atoms with Gasteiger partial charge >= 0.3 is 5.97 Å². The molecule has 2 N–H and O–H groups in total. The highest BCUT2D eigenvalue weighted by Crippen LogP contribution is 2.22. The van der Waals surface area contributed by atoms with Crippen molar-refractivity contribution in [2.24, 2.45) is 0 Å². The van der Waals surface area contributed by atoms with Gasteiger partial charge in [-0.25, -0.2) is 4.79 Å². The molecular weight excluding hydrogens is 194 g/mol. The quantitative estimate of drug-likeness (QED) is 0.607. The van der Waals surface area contributed by atoms with E-state index in [-0.39, 0.29) is 0 Å². The molecule has 0 spiro atoms. The van der Waals surface area contributed by atoms with Crippen molar-refractivity contribution >= 4 is 11.7 Å². The fraction of sp³-hybridized carbons (Fsp3) is 0.364. The topological polar surface area (TPSA) is 61.5 Å². The van der Waals surface area contributed by atoms with Crippen molar-refractivity contribution in [1.29, 1.82) is 0 Å². The minimum absolute atomic E-state index is 0.367. The van der Waals surface area contributed by atoms with Gasteiger partial charge < -0.3 is 15.2 Å². The molecule has 82 valence electrons. The minimum atomic E-state index is -0.437. The van der Waals surface area contributed by atoms with Gasteiger partial charge in [-0.1, -0.05) is 6.92 Å². The van der Waals surface area contributed by atoms with Crippen molar-refractivity contribution in [3.63, 3.8) is 0 Å². The van der Waals surface area contributed by atoms with Crippen LogP contribution in [-0.4, -0.2) is 19.7 Å². The van der Waals surface area contributed by atoms with Crippen molar-refractivity contribution in [3.05, 3.63) is 23.8 Å². The SMILES string of the molecule is CCCOc1ccc(N)cc1C(=O)OC. The third kappa shape index (κ3) is 2.87. The first kappa shape index (κ1) is 11.4. The number of nitrogen functional groups attached to an aromatic ring is 1. The Morgan fingerprint density at radius 1 is 1.47 bits per heavy atom. The Bertz CT molecular complexity index is 350. The molecule has 0 aliphatic rings. The summed E-state index contributed by atoms with van der Waals surface area (Å²) in [6.45, 7) is 2.56. The summed E-state index contributed by atoms with van der Waals surface area (Å²) in [6, 6.07) is 4.92. The highest BCUT2D eigenvalue weighted by Gasteiger charge is 2.12. The predicted octanol–water partition coefficient (Wildman–Crippen LogP) is 1.84. The minimum Gasteiger partial charge on any atom is -0.493 e. The van der Waals surface area contributed by atoms with Gasteiger partial charge in [0.1, 0.15) is 11.3 Å². The highest BCUT2D eigenvalue weighted by molar-refractivity contribution is 5.93. The summed E-state index contributed by atoms with van der Waals surface area (Å²) in [5.74, 6) is 0.0753. The fourth-order valence-electron chi connectivity index (χ4n) is 1.15. The molecule has 0 aliphatic heterocycles. The maximum atomic E-state index is 11.4. The molecular formula is C11H15NO3. The molecule has 0 heterocycles. The monoisotopic (exact) mass is 209 g/mol. The lowest BCUT2D eigenvalue weighted by molar-refractivity contribution is 0.0596. The van der Waals surface area contributed by atoms with Crippen LogP contribution in [-0.2, 0) is 4.74 Å². The van der Waals surface area contributed by atoms with Crippen LogP contribution in [0.1, 0.15) is 23.7 Å². The van der Waals surface area contributed by atoms with Crippen molar-refractivity contribution < 1.29 is 14.3 Å². The number of rotatable bonds is 4. The molecule has 15 heavy (non-hydrogen) atoms. The molecule has 1 rings (SSSR count). The molecule has 0 bridgehead atoms. The third-order valence-electron chi connectivity index (χ3n) is 1.87. The van der Waals surface area contributed by atoms with Gasteiger partial charge in [0.05, 0.1) is 13.7 Å². The van der Waals surface area contributed by atoms with Crippen molar-refractivity contribution in [2.75, 3.05) is 19.5 Å². The molecule has 1 aromatic carbocycles. The summed E-state index contributed by atoms with van der Waals surface area (Å²) in [7, 11) is 1.33. The lowest BCUT2D eigenvalue weighted by Gasteiger charge is -2.09. The van der Waals surface area contributed by atoms with E-state index in [4.69, 9.17) is 10.5 Å². The molecule has 0 amide bonds. The van der Waals surface area contributed by atoms with E-state index >= 15 is 0 Å². The number of carbonyl (C=O) groups excluding carboxylic acids is 1. The maximum absolute atomic E-state index is 11.4. The van der Waals surface area contributed by atoms with Crippen LogP contribution < -0.4 is 10.5 Å². The molecule has 4 nitrogen and oxygen atoms in total. The van der Waals surface area contributed by atoms with Crippen LogP contribution in [0.4, 0.5) is 5.69 Å². The normalized spacial score (nSPS) is 9.73. The Kier molecular flexibility index (Phi) is 3.97. The maximum Gasteiger partial charge on any atom is 0.341 e. The second-order valence-corrected chi connectivity index (χ2v) is 3.10. The first-order valence-corrected chi connectivity index (χ1v) is 4.79. The zero-order valence-electron chi connectivity index (χ0n) is 8.95. The molecule has 1 aromatic rings. The second kappa shape index (κ2) is 5.24. The van der Waals surface area contributed by atoms with Gasteiger partial charge in [0.2, 0.25) is 0 Å². The Hall–Kier alpha value is -1.71. The van der Waals surface area contributed by atoms with Crippen molar-refractivity contribution in [3.8, 4) is 5.75 Å². The predicted molar refractivity (Wildman–Crippen MR) is 58.0 cm³/mol. The number of benzene rings is 1. The van der Waals surface area contributed by atoms with Crippen LogP contribution in [0.15, 0.2) is 18.2 Å². The zero-order chi connectivity index (χ0) is 11.3. The summed E-state index contributed by atoms with van der Waals surface area (Å²) in [5.41, 5.74) is 6.47. The highest BCUT2D eigenvalue weighted by atomic mass is 16.5. The molecule has 0 aliphatic carbocycles. The molecule has 0 fully saturated rings. The van der Waals surface area contributed by atoms with Crippen molar-refractivity contribution in [2.45, 2.75) is 13.3 Å². The number of anilines is 1. The molecule has 0 saturated heterocycles. The van der Waals surface area contributed by atoms with E-state index in [1.54, 1.807) is 18.2 Å². The Morgan fingerprint density at radius 2 is 2.20 bits per heavy atom. The molecule has 0 unspecified atom stereocenters. The summed E-state index contributed by atoms with van der Waals surface area (Å²) in [5, 5.41) is 0. The average Bonchev–Trinajstić information content (AvgIpc) is 2.26.